The number of nitrogens with one attached hydrogen (secondary N) is 3. The van der Waals surface area contributed by atoms with Crippen molar-refractivity contribution in [2.45, 2.75) is 0 Å². The number of rotatable bonds is 11. The fraction of sp³-hybridized carbons (Fsp3) is 0.290. The molecule has 0 bridgehead atoms. The molecule has 5 aromatic rings. The Balaban J connectivity index is 1.35. The molecule has 1 amide bonds. The lowest BCUT2D eigenvalue weighted by atomic mass is 10.1. The van der Waals surface area contributed by atoms with Crippen molar-refractivity contribution >= 4 is 44.9 Å². The van der Waals surface area contributed by atoms with Gasteiger partial charge in [0.25, 0.3) is 0 Å². The minimum absolute atomic E-state index is 0.0822. The molecule has 0 radical (unpaired) electrons. The van der Waals surface area contributed by atoms with Crippen molar-refractivity contribution in [1.82, 2.24) is 25.1 Å². The van der Waals surface area contributed by atoms with Crippen LogP contribution in [0.2, 0.25) is 0 Å². The Kier molecular flexibility index (Phi) is 8.59. The van der Waals surface area contributed by atoms with Crippen molar-refractivity contribution in [3.05, 3.63) is 60.8 Å². The van der Waals surface area contributed by atoms with Crippen LogP contribution >= 0.6 is 0 Å². The molecule has 1 fully saturated rings. The summed E-state index contributed by atoms with van der Waals surface area (Å²) in [6, 6.07) is 17.1. The van der Waals surface area contributed by atoms with Gasteiger partial charge >= 0.3 is 0 Å². The molecule has 43 heavy (non-hydrogen) atoms. The van der Waals surface area contributed by atoms with Gasteiger partial charge in [-0.2, -0.15) is 5.10 Å². The Morgan fingerprint density at radius 3 is 2.72 bits per heavy atom. The van der Waals surface area contributed by atoms with Gasteiger partial charge in [0.05, 0.1) is 50.7 Å². The average Bonchev–Trinajstić information content (AvgIpc) is 3.49. The molecule has 2 aromatic heterocycles. The summed E-state index contributed by atoms with van der Waals surface area (Å²) in [7, 11) is 3.22. The van der Waals surface area contributed by atoms with Crippen molar-refractivity contribution < 1.29 is 23.7 Å². The van der Waals surface area contributed by atoms with Gasteiger partial charge in [-0.3, -0.25) is 14.8 Å². The summed E-state index contributed by atoms with van der Waals surface area (Å²) >= 11 is 0. The predicted molar refractivity (Wildman–Crippen MR) is 164 cm³/mol. The number of benzene rings is 3. The van der Waals surface area contributed by atoms with E-state index in [0.29, 0.717) is 67.3 Å². The summed E-state index contributed by atoms with van der Waals surface area (Å²) in [6.45, 7) is 3.87. The second-order valence-electron chi connectivity index (χ2n) is 10.1. The van der Waals surface area contributed by atoms with Crippen LogP contribution in [-0.2, 0) is 14.3 Å². The summed E-state index contributed by atoms with van der Waals surface area (Å²) in [6.07, 6.45) is 1.77. The summed E-state index contributed by atoms with van der Waals surface area (Å²) in [5.74, 6) is 2.09. The minimum atomic E-state index is -0.0822. The van der Waals surface area contributed by atoms with Crippen LogP contribution in [-0.4, -0.2) is 91.3 Å². The van der Waals surface area contributed by atoms with Crippen LogP contribution < -0.4 is 20.1 Å². The number of H-pyrrole nitrogens is 1. The van der Waals surface area contributed by atoms with Crippen LogP contribution in [0.5, 0.6) is 11.5 Å². The largest absolute Gasteiger partial charge is 0.493 e. The molecular formula is C31H33N7O5. The Hall–Kier alpha value is -4.78. The Morgan fingerprint density at radius 1 is 1.00 bits per heavy atom. The highest BCUT2D eigenvalue weighted by Gasteiger charge is 2.17. The van der Waals surface area contributed by atoms with Gasteiger partial charge in [-0.15, -0.1) is 0 Å². The molecular weight excluding hydrogens is 550 g/mol. The SMILES string of the molecule is COCCOc1cc2c(Nc3ccc4[nH]ncc4c3)nc(-c3cccc(NC(=O)CN4CCOCC4)c3)nc2cc1OC. The topological polar surface area (TPSA) is 136 Å². The van der Waals surface area contributed by atoms with Gasteiger partial charge in [0.2, 0.25) is 5.91 Å². The minimum Gasteiger partial charge on any atom is -0.493 e. The number of aromatic nitrogens is 4. The highest BCUT2D eigenvalue weighted by Crippen LogP contribution is 2.37. The number of hydrogen-bond acceptors (Lipinski definition) is 10. The maximum absolute atomic E-state index is 12.8. The molecule has 1 aliphatic rings. The van der Waals surface area contributed by atoms with Crippen molar-refractivity contribution in [2.24, 2.45) is 0 Å². The Morgan fingerprint density at radius 2 is 1.88 bits per heavy atom. The van der Waals surface area contributed by atoms with Crippen LogP contribution in [0.25, 0.3) is 33.2 Å². The molecule has 3 N–H and O–H groups in total. The third-order valence-corrected chi connectivity index (χ3v) is 7.10. The first-order valence-electron chi connectivity index (χ1n) is 14.0. The predicted octanol–water partition coefficient (Wildman–Crippen LogP) is 4.22. The van der Waals surface area contributed by atoms with Gasteiger partial charge in [-0.1, -0.05) is 12.1 Å². The van der Waals surface area contributed by atoms with Crippen LogP contribution in [0.4, 0.5) is 17.2 Å². The molecule has 0 atom stereocenters. The Bertz CT molecular complexity index is 1740. The maximum atomic E-state index is 12.8. The second kappa shape index (κ2) is 13.0. The van der Waals surface area contributed by atoms with Crippen molar-refractivity contribution in [3.63, 3.8) is 0 Å². The molecule has 0 saturated carbocycles. The van der Waals surface area contributed by atoms with Crippen LogP contribution in [0.1, 0.15) is 0 Å². The number of aromatic amines is 1. The third kappa shape index (κ3) is 6.67. The molecule has 1 saturated heterocycles. The summed E-state index contributed by atoms with van der Waals surface area (Å²) in [4.78, 5) is 24.7. The molecule has 12 heteroatoms. The number of fused-ring (bicyclic) bond motifs is 2. The van der Waals surface area contributed by atoms with E-state index in [0.717, 1.165) is 40.6 Å². The highest BCUT2D eigenvalue weighted by atomic mass is 16.5. The lowest BCUT2D eigenvalue weighted by molar-refractivity contribution is -0.118. The zero-order valence-corrected chi connectivity index (χ0v) is 24.1. The van der Waals surface area contributed by atoms with Crippen molar-refractivity contribution in [3.8, 4) is 22.9 Å². The second-order valence-corrected chi connectivity index (χ2v) is 10.1. The summed E-state index contributed by atoms with van der Waals surface area (Å²) < 4.78 is 22.1. The Labute approximate surface area is 248 Å². The maximum Gasteiger partial charge on any atom is 0.238 e. The van der Waals surface area contributed by atoms with Crippen LogP contribution in [0.3, 0.4) is 0 Å². The molecule has 0 unspecified atom stereocenters. The van der Waals surface area contributed by atoms with Crippen LogP contribution in [0.15, 0.2) is 60.8 Å². The van der Waals surface area contributed by atoms with E-state index in [1.165, 1.54) is 0 Å². The summed E-state index contributed by atoms with van der Waals surface area (Å²) in [5.41, 5.74) is 3.85. The highest BCUT2D eigenvalue weighted by molar-refractivity contribution is 5.96. The van der Waals surface area contributed by atoms with E-state index in [4.69, 9.17) is 28.9 Å². The fourth-order valence-electron chi connectivity index (χ4n) is 4.92. The van der Waals surface area contributed by atoms with E-state index in [9.17, 15) is 4.79 Å². The first-order chi connectivity index (χ1) is 21.1. The molecule has 222 valence electrons. The monoisotopic (exact) mass is 583 g/mol. The number of ether oxygens (including phenoxy) is 4. The lowest BCUT2D eigenvalue weighted by Crippen LogP contribution is -2.41. The van der Waals surface area contributed by atoms with Crippen molar-refractivity contribution in [2.75, 3.05) is 70.9 Å². The molecule has 3 aromatic carbocycles. The number of nitrogens with zero attached hydrogens (tertiary/aromatic N) is 4. The van der Waals surface area contributed by atoms with Gasteiger partial charge in [0, 0.05) is 54.0 Å². The molecule has 1 aliphatic heterocycles. The lowest BCUT2D eigenvalue weighted by Gasteiger charge is -2.25. The average molecular weight is 584 g/mol. The molecule has 3 heterocycles. The summed E-state index contributed by atoms with van der Waals surface area (Å²) in [5, 5.41) is 15.3. The smallest absolute Gasteiger partial charge is 0.238 e. The molecule has 12 nitrogen and oxygen atoms in total. The number of morpholine rings is 1. The number of carbonyl (C=O) groups excluding carboxylic acids is 1. The van der Waals surface area contributed by atoms with E-state index in [1.807, 2.05) is 54.6 Å². The van der Waals surface area contributed by atoms with Gasteiger partial charge in [0.15, 0.2) is 17.3 Å². The zero-order valence-electron chi connectivity index (χ0n) is 24.1. The number of carbonyl (C=O) groups is 1. The normalized spacial score (nSPS) is 13.7. The van der Waals surface area contributed by atoms with E-state index in [1.54, 1.807) is 20.4 Å². The fourth-order valence-corrected chi connectivity index (χ4v) is 4.92. The number of hydrogen-bond donors (Lipinski definition) is 3. The number of anilines is 3. The van der Waals surface area contributed by atoms with Gasteiger partial charge in [-0.25, -0.2) is 9.97 Å². The number of amides is 1. The molecule has 6 rings (SSSR count). The quantitative estimate of drug-likeness (QED) is 0.194. The van der Waals surface area contributed by atoms with E-state index < -0.39 is 0 Å². The van der Waals surface area contributed by atoms with Gasteiger partial charge in [-0.05, 0) is 36.4 Å². The van der Waals surface area contributed by atoms with Gasteiger partial charge < -0.3 is 29.6 Å². The first kappa shape index (κ1) is 28.3. The zero-order chi connectivity index (χ0) is 29.6. The number of methoxy groups -OCH3 is 2. The van der Waals surface area contributed by atoms with Crippen molar-refractivity contribution in [1.29, 1.82) is 0 Å². The van der Waals surface area contributed by atoms with Crippen LogP contribution in [0, 0.1) is 0 Å². The standard InChI is InChI=1S/C31H33N7O5/c1-40-12-13-43-28-16-24-26(17-27(28)41-2)35-30(36-31(24)34-23-6-7-25-21(15-23)18-32-37-25)20-4-3-5-22(14-20)33-29(39)19-38-8-10-42-11-9-38/h3-7,14-18H,8-13,19H2,1-2H3,(H,32,37)(H,33,39)(H,34,35,36). The third-order valence-electron chi connectivity index (χ3n) is 7.10. The van der Waals surface area contributed by atoms with E-state index in [-0.39, 0.29) is 5.91 Å². The molecule has 0 spiro atoms. The van der Waals surface area contributed by atoms with E-state index >= 15 is 0 Å². The van der Waals surface area contributed by atoms with Gasteiger partial charge in [0.1, 0.15) is 12.4 Å². The molecule has 0 aliphatic carbocycles. The first-order valence-corrected chi connectivity index (χ1v) is 14.0. The van der Waals surface area contributed by atoms with E-state index in [2.05, 4.69) is 25.7 Å².